The highest BCUT2D eigenvalue weighted by atomic mass is 16.3. The van der Waals surface area contributed by atoms with E-state index in [1.807, 2.05) is 17.2 Å². The second-order valence-electron chi connectivity index (χ2n) is 8.05. The molecule has 2 aromatic heterocycles. The number of hydrogen-bond acceptors (Lipinski definition) is 7. The lowest BCUT2D eigenvalue weighted by Crippen LogP contribution is -2.41. The predicted octanol–water partition coefficient (Wildman–Crippen LogP) is 1.57. The molecular weight excluding hydrogens is 356 g/mol. The molecule has 4 heterocycles. The second-order valence-corrected chi connectivity index (χ2v) is 8.05. The van der Waals surface area contributed by atoms with Gasteiger partial charge >= 0.3 is 0 Å². The largest absolute Gasteiger partial charge is 0.391 e. The Balaban J connectivity index is 1.52. The molecule has 8 heteroatoms. The molecule has 1 unspecified atom stereocenters. The van der Waals surface area contributed by atoms with Gasteiger partial charge in [-0.25, -0.2) is 14.6 Å². The lowest BCUT2D eigenvalue weighted by Gasteiger charge is -2.34. The van der Waals surface area contributed by atoms with Crippen molar-refractivity contribution in [2.45, 2.75) is 51.2 Å². The van der Waals surface area contributed by atoms with Crippen LogP contribution in [-0.2, 0) is 0 Å². The summed E-state index contributed by atoms with van der Waals surface area (Å²) in [5.74, 6) is 2.03. The highest BCUT2D eigenvalue weighted by Crippen LogP contribution is 2.25. The molecule has 2 aliphatic rings. The molecule has 8 nitrogen and oxygen atoms in total. The summed E-state index contributed by atoms with van der Waals surface area (Å²) >= 11 is 0. The Kier molecular flexibility index (Phi) is 5.30. The van der Waals surface area contributed by atoms with E-state index in [1.54, 1.807) is 16.9 Å². The molecule has 0 aromatic carbocycles. The van der Waals surface area contributed by atoms with Crippen LogP contribution >= 0.6 is 0 Å². The Morgan fingerprint density at radius 1 is 1.18 bits per heavy atom. The lowest BCUT2D eigenvalue weighted by molar-refractivity contribution is 0.198. The summed E-state index contributed by atoms with van der Waals surface area (Å²) in [7, 11) is 0. The number of piperidine rings is 1. The molecule has 2 aliphatic heterocycles. The van der Waals surface area contributed by atoms with E-state index in [4.69, 9.17) is 4.98 Å². The number of rotatable bonds is 4. The first-order chi connectivity index (χ1) is 13.5. The average molecular weight is 384 g/mol. The molecule has 0 saturated carbocycles. The molecule has 0 amide bonds. The summed E-state index contributed by atoms with van der Waals surface area (Å²) in [5, 5.41) is 14.2. The summed E-state index contributed by atoms with van der Waals surface area (Å²) in [6.45, 7) is 7.13. The van der Waals surface area contributed by atoms with Gasteiger partial charge in [0.05, 0.1) is 24.0 Å². The zero-order chi connectivity index (χ0) is 19.7. The standard InChI is InChI=1S/C20H28N6O2/c1-14(2)20-21-7-5-18(23-20)25-8-3-4-15(12-25)26-19(28)10-16(11-22-26)24-9-6-17(27)13-24/h5,7,10-11,14-15,17,27H,3-4,6,8-9,12-13H2,1-2H3/t15?,17-/m0/s1. The van der Waals surface area contributed by atoms with Crippen LogP contribution < -0.4 is 15.4 Å². The van der Waals surface area contributed by atoms with E-state index in [0.29, 0.717) is 13.1 Å². The fourth-order valence-electron chi connectivity index (χ4n) is 4.01. The number of aliphatic hydroxyl groups is 1. The van der Waals surface area contributed by atoms with Crippen molar-refractivity contribution in [2.75, 3.05) is 36.0 Å². The fourth-order valence-corrected chi connectivity index (χ4v) is 4.01. The first kappa shape index (κ1) is 18.9. The molecule has 2 fully saturated rings. The van der Waals surface area contributed by atoms with E-state index in [9.17, 15) is 9.90 Å². The van der Waals surface area contributed by atoms with Gasteiger partial charge in [-0.05, 0) is 25.3 Å². The molecule has 28 heavy (non-hydrogen) atoms. The van der Waals surface area contributed by atoms with Gasteiger partial charge in [0.1, 0.15) is 11.6 Å². The zero-order valence-corrected chi connectivity index (χ0v) is 16.5. The van der Waals surface area contributed by atoms with Gasteiger partial charge in [0.2, 0.25) is 0 Å². The normalized spacial score (nSPS) is 22.9. The highest BCUT2D eigenvalue weighted by molar-refractivity contribution is 5.44. The van der Waals surface area contributed by atoms with E-state index in [0.717, 1.165) is 49.7 Å². The number of β-amino-alcohol motifs (C(OH)–C–C–N with tert-alkyl or cyclic N) is 1. The van der Waals surface area contributed by atoms with Gasteiger partial charge in [0.15, 0.2) is 0 Å². The van der Waals surface area contributed by atoms with E-state index in [1.165, 1.54) is 0 Å². The Morgan fingerprint density at radius 3 is 2.75 bits per heavy atom. The molecule has 2 aromatic rings. The number of aliphatic hydroxyl groups excluding tert-OH is 1. The van der Waals surface area contributed by atoms with Crippen molar-refractivity contribution in [1.82, 2.24) is 19.7 Å². The van der Waals surface area contributed by atoms with Crippen LogP contribution in [0.1, 0.15) is 50.9 Å². The monoisotopic (exact) mass is 384 g/mol. The van der Waals surface area contributed by atoms with Gasteiger partial charge in [-0.3, -0.25) is 4.79 Å². The van der Waals surface area contributed by atoms with Crippen molar-refractivity contribution in [3.63, 3.8) is 0 Å². The molecular formula is C20H28N6O2. The smallest absolute Gasteiger partial charge is 0.269 e. The van der Waals surface area contributed by atoms with E-state index >= 15 is 0 Å². The van der Waals surface area contributed by atoms with Gasteiger partial charge < -0.3 is 14.9 Å². The van der Waals surface area contributed by atoms with Crippen LogP contribution in [0.5, 0.6) is 0 Å². The number of nitrogens with zero attached hydrogens (tertiary/aromatic N) is 6. The Hall–Kier alpha value is -2.48. The van der Waals surface area contributed by atoms with E-state index in [-0.39, 0.29) is 23.6 Å². The summed E-state index contributed by atoms with van der Waals surface area (Å²) < 4.78 is 1.60. The molecule has 2 saturated heterocycles. The van der Waals surface area contributed by atoms with Gasteiger partial charge in [-0.2, -0.15) is 5.10 Å². The van der Waals surface area contributed by atoms with Crippen molar-refractivity contribution in [1.29, 1.82) is 0 Å². The van der Waals surface area contributed by atoms with Crippen LogP contribution in [0.3, 0.4) is 0 Å². The fraction of sp³-hybridized carbons (Fsp3) is 0.600. The molecule has 0 aliphatic carbocycles. The molecule has 1 N–H and O–H groups in total. The third-order valence-electron chi connectivity index (χ3n) is 5.58. The molecule has 0 radical (unpaired) electrons. The summed E-state index contributed by atoms with van der Waals surface area (Å²) in [4.78, 5) is 26.0. The first-order valence-corrected chi connectivity index (χ1v) is 10.1. The summed E-state index contributed by atoms with van der Waals surface area (Å²) in [5.41, 5.74) is 0.708. The molecule has 2 atom stereocenters. The van der Waals surface area contributed by atoms with Crippen molar-refractivity contribution in [3.8, 4) is 0 Å². The van der Waals surface area contributed by atoms with E-state index in [2.05, 4.69) is 28.8 Å². The van der Waals surface area contributed by atoms with Crippen LogP contribution in [0, 0.1) is 0 Å². The average Bonchev–Trinajstić information content (AvgIpc) is 3.14. The van der Waals surface area contributed by atoms with Crippen molar-refractivity contribution < 1.29 is 5.11 Å². The molecule has 0 bridgehead atoms. The maximum Gasteiger partial charge on any atom is 0.269 e. The van der Waals surface area contributed by atoms with Gasteiger partial charge in [0.25, 0.3) is 5.56 Å². The third-order valence-corrected chi connectivity index (χ3v) is 5.58. The maximum atomic E-state index is 12.7. The minimum absolute atomic E-state index is 0.0249. The first-order valence-electron chi connectivity index (χ1n) is 10.1. The van der Waals surface area contributed by atoms with Gasteiger partial charge in [-0.1, -0.05) is 13.8 Å². The Morgan fingerprint density at radius 2 is 2.04 bits per heavy atom. The van der Waals surface area contributed by atoms with Crippen LogP contribution in [0.15, 0.2) is 29.3 Å². The number of aromatic nitrogens is 4. The maximum absolute atomic E-state index is 12.7. The van der Waals surface area contributed by atoms with Crippen molar-refractivity contribution in [2.24, 2.45) is 0 Å². The van der Waals surface area contributed by atoms with Crippen LogP contribution in [0.2, 0.25) is 0 Å². The quantitative estimate of drug-likeness (QED) is 0.856. The Labute approximate surface area is 164 Å². The lowest BCUT2D eigenvalue weighted by atomic mass is 10.1. The van der Waals surface area contributed by atoms with Crippen molar-refractivity contribution in [3.05, 3.63) is 40.7 Å². The molecule has 0 spiro atoms. The molecule has 150 valence electrons. The van der Waals surface area contributed by atoms with Crippen LogP contribution in [-0.4, -0.2) is 57.1 Å². The van der Waals surface area contributed by atoms with Gasteiger partial charge in [-0.15, -0.1) is 0 Å². The van der Waals surface area contributed by atoms with Gasteiger partial charge in [0, 0.05) is 44.4 Å². The summed E-state index contributed by atoms with van der Waals surface area (Å²) in [6, 6.07) is 3.61. The topological polar surface area (TPSA) is 87.4 Å². The molecule has 4 rings (SSSR count). The second kappa shape index (κ2) is 7.87. The van der Waals surface area contributed by atoms with Crippen molar-refractivity contribution >= 4 is 11.5 Å². The van der Waals surface area contributed by atoms with Crippen LogP contribution in [0.4, 0.5) is 11.5 Å². The SMILES string of the molecule is CC(C)c1nccc(N2CCCC(n3ncc(N4CC[C@H](O)C4)cc3=O)C2)n1. The van der Waals surface area contributed by atoms with Crippen LogP contribution in [0.25, 0.3) is 0 Å². The number of anilines is 2. The Bertz CT molecular complexity index is 883. The number of hydrogen-bond donors (Lipinski definition) is 1. The highest BCUT2D eigenvalue weighted by Gasteiger charge is 2.26. The minimum atomic E-state index is -0.321. The third kappa shape index (κ3) is 3.87. The van der Waals surface area contributed by atoms with E-state index < -0.39 is 0 Å². The predicted molar refractivity (Wildman–Crippen MR) is 108 cm³/mol. The summed E-state index contributed by atoms with van der Waals surface area (Å²) in [6.07, 6.45) is 5.88. The minimum Gasteiger partial charge on any atom is -0.391 e. The zero-order valence-electron chi connectivity index (χ0n) is 16.5.